The average molecular weight is 338 g/mol. The Balaban J connectivity index is 2.24. The lowest BCUT2D eigenvalue weighted by Gasteiger charge is -2.12. The van der Waals surface area contributed by atoms with Crippen LogP contribution in [0.2, 0.25) is 0 Å². The van der Waals surface area contributed by atoms with Gasteiger partial charge in [-0.05, 0) is 33.6 Å². The van der Waals surface area contributed by atoms with E-state index in [1.807, 2.05) is 12.1 Å². The molecule has 104 valence electrons. The van der Waals surface area contributed by atoms with Gasteiger partial charge in [-0.15, -0.1) is 0 Å². The minimum Gasteiger partial charge on any atom is -0.409 e. The SMILES string of the molecule is N/C(=N/O)c1ccccc1CNc1c(F)cccc1Br. The van der Waals surface area contributed by atoms with E-state index in [9.17, 15) is 4.39 Å². The zero-order valence-corrected chi connectivity index (χ0v) is 12.1. The van der Waals surface area contributed by atoms with Crippen LogP contribution in [0.1, 0.15) is 11.1 Å². The quantitative estimate of drug-likeness (QED) is 0.347. The van der Waals surface area contributed by atoms with Crippen molar-refractivity contribution >= 4 is 27.5 Å². The van der Waals surface area contributed by atoms with Crippen molar-refractivity contribution in [2.45, 2.75) is 6.54 Å². The van der Waals surface area contributed by atoms with Crippen molar-refractivity contribution in [3.05, 3.63) is 63.9 Å². The third-order valence-electron chi connectivity index (χ3n) is 2.82. The highest BCUT2D eigenvalue weighted by molar-refractivity contribution is 9.10. The number of nitrogens with two attached hydrogens (primary N) is 1. The molecule has 0 aliphatic carbocycles. The lowest BCUT2D eigenvalue weighted by atomic mass is 10.1. The average Bonchev–Trinajstić information content (AvgIpc) is 2.46. The lowest BCUT2D eigenvalue weighted by molar-refractivity contribution is 0.318. The Kier molecular flexibility index (Phi) is 4.57. The molecule has 0 atom stereocenters. The van der Waals surface area contributed by atoms with Crippen LogP contribution in [0.4, 0.5) is 10.1 Å². The van der Waals surface area contributed by atoms with Gasteiger partial charge in [0.15, 0.2) is 5.84 Å². The minimum absolute atomic E-state index is 0.0231. The summed E-state index contributed by atoms with van der Waals surface area (Å²) in [6.45, 7) is 0.353. The Morgan fingerprint density at radius 1 is 1.25 bits per heavy atom. The van der Waals surface area contributed by atoms with Gasteiger partial charge in [-0.25, -0.2) is 4.39 Å². The smallest absolute Gasteiger partial charge is 0.170 e. The summed E-state index contributed by atoms with van der Waals surface area (Å²) in [5.74, 6) is -0.323. The molecule has 0 unspecified atom stereocenters. The van der Waals surface area contributed by atoms with Gasteiger partial charge in [0.05, 0.1) is 5.69 Å². The van der Waals surface area contributed by atoms with Crippen molar-refractivity contribution in [1.29, 1.82) is 0 Å². The van der Waals surface area contributed by atoms with Crippen LogP contribution >= 0.6 is 15.9 Å². The number of nitrogens with one attached hydrogen (secondary N) is 1. The van der Waals surface area contributed by atoms with Crippen molar-refractivity contribution < 1.29 is 9.60 Å². The van der Waals surface area contributed by atoms with Crippen LogP contribution in [0, 0.1) is 5.82 Å². The van der Waals surface area contributed by atoms with Gasteiger partial charge in [0, 0.05) is 16.6 Å². The Morgan fingerprint density at radius 3 is 2.70 bits per heavy atom. The first-order chi connectivity index (χ1) is 9.63. The summed E-state index contributed by atoms with van der Waals surface area (Å²) < 4.78 is 14.3. The molecule has 20 heavy (non-hydrogen) atoms. The van der Waals surface area contributed by atoms with Crippen LogP contribution in [-0.2, 0) is 6.54 Å². The highest BCUT2D eigenvalue weighted by atomic mass is 79.9. The molecule has 2 rings (SSSR count). The van der Waals surface area contributed by atoms with Gasteiger partial charge in [-0.3, -0.25) is 0 Å². The van der Waals surface area contributed by atoms with Gasteiger partial charge in [-0.1, -0.05) is 35.5 Å². The second-order valence-corrected chi connectivity index (χ2v) is 4.95. The van der Waals surface area contributed by atoms with E-state index in [0.29, 0.717) is 22.3 Å². The normalized spacial score (nSPS) is 11.4. The number of rotatable bonds is 4. The molecule has 0 aliphatic rings. The number of amidine groups is 1. The van der Waals surface area contributed by atoms with Gasteiger partial charge in [0.25, 0.3) is 0 Å². The summed E-state index contributed by atoms with van der Waals surface area (Å²) >= 11 is 3.29. The zero-order valence-electron chi connectivity index (χ0n) is 10.5. The molecule has 0 aliphatic heterocycles. The second kappa shape index (κ2) is 6.38. The molecule has 0 heterocycles. The molecule has 0 radical (unpaired) electrons. The highest BCUT2D eigenvalue weighted by Gasteiger charge is 2.09. The van der Waals surface area contributed by atoms with E-state index < -0.39 is 0 Å². The Hall–Kier alpha value is -2.08. The monoisotopic (exact) mass is 337 g/mol. The van der Waals surface area contributed by atoms with E-state index in [0.717, 1.165) is 5.56 Å². The Morgan fingerprint density at radius 2 is 2.00 bits per heavy atom. The molecule has 0 fully saturated rings. The Labute approximate surface area is 124 Å². The summed E-state index contributed by atoms with van der Waals surface area (Å²) in [5.41, 5.74) is 7.40. The van der Waals surface area contributed by atoms with Crippen LogP contribution in [-0.4, -0.2) is 11.0 Å². The molecule has 0 spiro atoms. The summed E-state index contributed by atoms with van der Waals surface area (Å²) in [7, 11) is 0. The van der Waals surface area contributed by atoms with Gasteiger partial charge >= 0.3 is 0 Å². The molecule has 2 aromatic carbocycles. The van der Waals surface area contributed by atoms with E-state index in [2.05, 4.69) is 26.4 Å². The van der Waals surface area contributed by atoms with Crippen molar-refractivity contribution in [3.63, 3.8) is 0 Å². The van der Waals surface area contributed by atoms with Crippen molar-refractivity contribution in [3.8, 4) is 0 Å². The molecule has 4 nitrogen and oxygen atoms in total. The lowest BCUT2D eigenvalue weighted by Crippen LogP contribution is -2.17. The summed E-state index contributed by atoms with van der Waals surface area (Å²) in [5, 5.41) is 14.8. The third-order valence-corrected chi connectivity index (χ3v) is 3.48. The molecule has 6 heteroatoms. The molecule has 4 N–H and O–H groups in total. The number of benzene rings is 2. The van der Waals surface area contributed by atoms with E-state index in [1.54, 1.807) is 24.3 Å². The van der Waals surface area contributed by atoms with Crippen LogP contribution in [0.25, 0.3) is 0 Å². The number of nitrogens with zero attached hydrogens (tertiary/aromatic N) is 1. The molecule has 0 amide bonds. The number of anilines is 1. The first-order valence-corrected chi connectivity index (χ1v) is 6.66. The number of para-hydroxylation sites is 1. The first-order valence-electron chi connectivity index (χ1n) is 5.87. The summed E-state index contributed by atoms with van der Waals surface area (Å²) in [6, 6.07) is 11.9. The van der Waals surface area contributed by atoms with E-state index >= 15 is 0 Å². The zero-order chi connectivity index (χ0) is 14.5. The van der Waals surface area contributed by atoms with Gasteiger partial charge in [-0.2, -0.15) is 0 Å². The maximum atomic E-state index is 13.7. The topological polar surface area (TPSA) is 70.6 Å². The molecule has 0 saturated heterocycles. The van der Waals surface area contributed by atoms with Crippen LogP contribution < -0.4 is 11.1 Å². The number of halogens is 2. The fraction of sp³-hybridized carbons (Fsp3) is 0.0714. The standard InChI is InChI=1S/C14H13BrFN3O/c15-11-6-3-7-12(16)13(11)18-8-9-4-1-2-5-10(9)14(17)19-20/h1-7,18,20H,8H2,(H2,17,19). The van der Waals surface area contributed by atoms with Crippen LogP contribution in [0.15, 0.2) is 52.1 Å². The Bertz CT molecular complexity index is 626. The van der Waals surface area contributed by atoms with E-state index in [4.69, 9.17) is 10.9 Å². The largest absolute Gasteiger partial charge is 0.409 e. The van der Waals surface area contributed by atoms with Gasteiger partial charge < -0.3 is 16.3 Å². The summed E-state index contributed by atoms with van der Waals surface area (Å²) in [4.78, 5) is 0. The van der Waals surface area contributed by atoms with Crippen molar-refractivity contribution in [2.75, 3.05) is 5.32 Å². The first kappa shape index (κ1) is 14.3. The van der Waals surface area contributed by atoms with Crippen molar-refractivity contribution in [2.24, 2.45) is 10.9 Å². The maximum absolute atomic E-state index is 13.7. The van der Waals surface area contributed by atoms with Gasteiger partial charge in [0.1, 0.15) is 5.82 Å². The molecular formula is C14H13BrFN3O. The van der Waals surface area contributed by atoms with Crippen LogP contribution in [0.3, 0.4) is 0 Å². The summed E-state index contributed by atoms with van der Waals surface area (Å²) in [6.07, 6.45) is 0. The second-order valence-electron chi connectivity index (χ2n) is 4.09. The van der Waals surface area contributed by atoms with E-state index in [1.165, 1.54) is 6.07 Å². The van der Waals surface area contributed by atoms with Crippen molar-refractivity contribution in [1.82, 2.24) is 0 Å². The number of oxime groups is 1. The van der Waals surface area contributed by atoms with E-state index in [-0.39, 0.29) is 11.7 Å². The molecule has 0 bridgehead atoms. The number of hydrogen-bond acceptors (Lipinski definition) is 3. The predicted molar refractivity (Wildman–Crippen MR) is 80.4 cm³/mol. The molecule has 2 aromatic rings. The number of hydrogen-bond donors (Lipinski definition) is 3. The molecule has 0 saturated carbocycles. The molecule has 0 aromatic heterocycles. The highest BCUT2D eigenvalue weighted by Crippen LogP contribution is 2.26. The maximum Gasteiger partial charge on any atom is 0.170 e. The fourth-order valence-electron chi connectivity index (χ4n) is 1.83. The minimum atomic E-state index is -0.347. The molecular weight excluding hydrogens is 325 g/mol. The van der Waals surface area contributed by atoms with Crippen LogP contribution in [0.5, 0.6) is 0 Å². The third kappa shape index (κ3) is 3.08. The predicted octanol–water partition coefficient (Wildman–Crippen LogP) is 3.29. The fourth-order valence-corrected chi connectivity index (χ4v) is 2.31. The van der Waals surface area contributed by atoms with Gasteiger partial charge in [0.2, 0.25) is 0 Å².